The largest absolute Gasteiger partial charge is 0.508 e. The molecule has 1 amide bonds. The fourth-order valence-electron chi connectivity index (χ4n) is 2.13. The second-order valence-corrected chi connectivity index (χ2v) is 4.57. The first-order valence-electron chi connectivity index (χ1n) is 6.16. The predicted molar refractivity (Wildman–Crippen MR) is 69.3 cm³/mol. The molecular weight excluding hydrogens is 248 g/mol. The van der Waals surface area contributed by atoms with Gasteiger partial charge in [0.1, 0.15) is 5.75 Å². The molecule has 1 aromatic rings. The van der Waals surface area contributed by atoms with Crippen LogP contribution in [0.5, 0.6) is 5.75 Å². The number of benzene rings is 1. The molecule has 0 aliphatic carbocycles. The minimum Gasteiger partial charge on any atom is -0.508 e. The van der Waals surface area contributed by atoms with Gasteiger partial charge in [0.2, 0.25) is 5.91 Å². The fourth-order valence-corrected chi connectivity index (χ4v) is 2.13. The van der Waals surface area contributed by atoms with Crippen molar-refractivity contribution in [3.63, 3.8) is 0 Å². The van der Waals surface area contributed by atoms with Crippen molar-refractivity contribution < 1.29 is 19.8 Å². The summed E-state index contributed by atoms with van der Waals surface area (Å²) < 4.78 is 0. The summed E-state index contributed by atoms with van der Waals surface area (Å²) in [6.07, 6.45) is 1.72. The summed E-state index contributed by atoms with van der Waals surface area (Å²) >= 11 is 0. The average molecular weight is 264 g/mol. The van der Waals surface area contributed by atoms with Crippen LogP contribution in [0.2, 0.25) is 0 Å². The summed E-state index contributed by atoms with van der Waals surface area (Å²) in [5.41, 5.74) is 0.0954. The van der Waals surface area contributed by atoms with E-state index < -0.39 is 5.97 Å². The number of nitrogens with one attached hydrogen (secondary N) is 2. The molecule has 0 spiro atoms. The number of piperidine rings is 1. The number of rotatable bonds is 3. The van der Waals surface area contributed by atoms with Gasteiger partial charge in [0.05, 0.1) is 17.2 Å². The monoisotopic (exact) mass is 264 g/mol. The van der Waals surface area contributed by atoms with Crippen molar-refractivity contribution in [2.45, 2.75) is 12.8 Å². The van der Waals surface area contributed by atoms with E-state index in [1.165, 1.54) is 12.1 Å². The van der Waals surface area contributed by atoms with Crippen LogP contribution in [0.4, 0.5) is 5.69 Å². The molecule has 0 aromatic heterocycles. The smallest absolute Gasteiger partial charge is 0.337 e. The lowest BCUT2D eigenvalue weighted by Crippen LogP contribution is -2.37. The van der Waals surface area contributed by atoms with E-state index in [4.69, 9.17) is 5.11 Å². The molecule has 1 fully saturated rings. The lowest BCUT2D eigenvalue weighted by molar-refractivity contribution is -0.120. The van der Waals surface area contributed by atoms with E-state index in [-0.39, 0.29) is 28.8 Å². The van der Waals surface area contributed by atoms with Gasteiger partial charge in [-0.15, -0.1) is 0 Å². The van der Waals surface area contributed by atoms with Crippen LogP contribution in [0.3, 0.4) is 0 Å². The molecule has 4 N–H and O–H groups in total. The van der Waals surface area contributed by atoms with Crippen molar-refractivity contribution in [2.75, 3.05) is 18.4 Å². The van der Waals surface area contributed by atoms with Crippen LogP contribution in [0.15, 0.2) is 18.2 Å². The summed E-state index contributed by atoms with van der Waals surface area (Å²) in [7, 11) is 0. The predicted octanol–water partition coefficient (Wildman–Crippen LogP) is 1.03. The van der Waals surface area contributed by atoms with Crippen LogP contribution in [-0.2, 0) is 4.79 Å². The highest BCUT2D eigenvalue weighted by molar-refractivity contribution is 6.01. The molecular formula is C13H16N2O4. The van der Waals surface area contributed by atoms with Gasteiger partial charge in [-0.05, 0) is 37.6 Å². The second kappa shape index (κ2) is 5.71. The Hall–Kier alpha value is -2.08. The van der Waals surface area contributed by atoms with Crippen LogP contribution >= 0.6 is 0 Å². The first-order valence-corrected chi connectivity index (χ1v) is 6.16. The molecule has 0 bridgehead atoms. The van der Waals surface area contributed by atoms with Crippen LogP contribution in [0.1, 0.15) is 23.2 Å². The Morgan fingerprint density at radius 2 is 2.16 bits per heavy atom. The third kappa shape index (κ3) is 3.23. The summed E-state index contributed by atoms with van der Waals surface area (Å²) in [5, 5.41) is 24.1. The van der Waals surface area contributed by atoms with Gasteiger partial charge in [-0.25, -0.2) is 4.79 Å². The Balaban J connectivity index is 2.13. The van der Waals surface area contributed by atoms with E-state index >= 15 is 0 Å². The van der Waals surface area contributed by atoms with Gasteiger partial charge in [-0.1, -0.05) is 0 Å². The number of aromatic carboxylic acids is 1. The number of phenolic OH excluding ortho intramolecular Hbond substituents is 1. The van der Waals surface area contributed by atoms with Gasteiger partial charge < -0.3 is 20.8 Å². The van der Waals surface area contributed by atoms with E-state index in [0.717, 1.165) is 25.5 Å². The van der Waals surface area contributed by atoms with Crippen LogP contribution in [0.25, 0.3) is 0 Å². The zero-order valence-corrected chi connectivity index (χ0v) is 10.3. The number of hydrogen-bond donors (Lipinski definition) is 4. The van der Waals surface area contributed by atoms with Gasteiger partial charge in [-0.3, -0.25) is 4.79 Å². The van der Waals surface area contributed by atoms with E-state index in [2.05, 4.69) is 10.6 Å². The number of carboxylic acid groups (broad SMARTS) is 1. The molecule has 1 saturated heterocycles. The molecule has 1 aliphatic heterocycles. The van der Waals surface area contributed by atoms with E-state index in [1.807, 2.05) is 0 Å². The van der Waals surface area contributed by atoms with Crippen molar-refractivity contribution in [2.24, 2.45) is 5.92 Å². The number of amides is 1. The molecule has 1 heterocycles. The van der Waals surface area contributed by atoms with Gasteiger partial charge in [0.15, 0.2) is 0 Å². The molecule has 1 aromatic carbocycles. The molecule has 0 radical (unpaired) electrons. The zero-order chi connectivity index (χ0) is 13.8. The molecule has 6 heteroatoms. The highest BCUT2D eigenvalue weighted by atomic mass is 16.4. The number of hydrogen-bond acceptors (Lipinski definition) is 4. The Labute approximate surface area is 110 Å². The maximum absolute atomic E-state index is 12.0. The highest BCUT2D eigenvalue weighted by Gasteiger charge is 2.22. The molecule has 0 unspecified atom stereocenters. The average Bonchev–Trinajstić information content (AvgIpc) is 2.41. The number of carboxylic acids is 1. The van der Waals surface area contributed by atoms with E-state index in [9.17, 15) is 14.7 Å². The molecule has 1 aliphatic rings. The summed E-state index contributed by atoms with van der Waals surface area (Å²) in [6.45, 7) is 1.51. The maximum atomic E-state index is 12.0. The van der Waals surface area contributed by atoms with E-state index in [0.29, 0.717) is 6.54 Å². The summed E-state index contributed by atoms with van der Waals surface area (Å²) in [5.74, 6) is -1.67. The number of anilines is 1. The Kier molecular flexibility index (Phi) is 4.01. The lowest BCUT2D eigenvalue weighted by Gasteiger charge is -2.22. The number of carbonyl (C=O) groups excluding carboxylic acids is 1. The fraction of sp³-hybridized carbons (Fsp3) is 0.385. The van der Waals surface area contributed by atoms with Crippen molar-refractivity contribution in [3.8, 4) is 5.75 Å². The molecule has 19 heavy (non-hydrogen) atoms. The first-order chi connectivity index (χ1) is 9.08. The summed E-state index contributed by atoms with van der Waals surface area (Å²) in [6, 6.07) is 3.87. The Morgan fingerprint density at radius 3 is 2.79 bits per heavy atom. The van der Waals surface area contributed by atoms with Crippen molar-refractivity contribution >= 4 is 17.6 Å². The standard InChI is InChI=1S/C13H16N2O4/c16-9-3-4-11(10(6-9)13(18)19)15-12(17)8-2-1-5-14-7-8/h3-4,6,8,14,16H,1-2,5,7H2,(H,15,17)(H,18,19)/t8-/m0/s1. The van der Waals surface area contributed by atoms with Gasteiger partial charge in [-0.2, -0.15) is 0 Å². The van der Waals surface area contributed by atoms with Gasteiger partial charge in [0.25, 0.3) is 0 Å². The molecule has 1 atom stereocenters. The minimum absolute atomic E-state index is 0.114. The van der Waals surface area contributed by atoms with Gasteiger partial charge >= 0.3 is 5.97 Å². The third-order valence-electron chi connectivity index (χ3n) is 3.16. The van der Waals surface area contributed by atoms with Crippen LogP contribution in [-0.4, -0.2) is 35.2 Å². The molecule has 102 valence electrons. The number of phenols is 1. The molecule has 6 nitrogen and oxygen atoms in total. The van der Waals surface area contributed by atoms with Crippen molar-refractivity contribution in [1.29, 1.82) is 0 Å². The SMILES string of the molecule is O=C(O)c1cc(O)ccc1NC(=O)[C@H]1CCCNC1. The van der Waals surface area contributed by atoms with Crippen LogP contribution < -0.4 is 10.6 Å². The Morgan fingerprint density at radius 1 is 1.37 bits per heavy atom. The first kappa shape index (κ1) is 13.4. The van der Waals surface area contributed by atoms with Crippen molar-refractivity contribution in [3.05, 3.63) is 23.8 Å². The van der Waals surface area contributed by atoms with Gasteiger partial charge in [0, 0.05) is 6.54 Å². The molecule has 2 rings (SSSR count). The lowest BCUT2D eigenvalue weighted by atomic mass is 9.98. The summed E-state index contributed by atoms with van der Waals surface area (Å²) in [4.78, 5) is 23.1. The number of aromatic hydroxyl groups is 1. The second-order valence-electron chi connectivity index (χ2n) is 4.57. The maximum Gasteiger partial charge on any atom is 0.337 e. The van der Waals surface area contributed by atoms with Crippen LogP contribution in [0, 0.1) is 5.92 Å². The highest BCUT2D eigenvalue weighted by Crippen LogP contribution is 2.22. The zero-order valence-electron chi connectivity index (χ0n) is 10.3. The normalized spacial score (nSPS) is 18.8. The third-order valence-corrected chi connectivity index (χ3v) is 3.16. The Bertz CT molecular complexity index is 495. The van der Waals surface area contributed by atoms with Crippen molar-refractivity contribution in [1.82, 2.24) is 5.32 Å². The molecule has 0 saturated carbocycles. The number of carbonyl (C=O) groups is 2. The topological polar surface area (TPSA) is 98.7 Å². The quantitative estimate of drug-likeness (QED) is 0.611. The van der Waals surface area contributed by atoms with E-state index in [1.54, 1.807) is 0 Å². The minimum atomic E-state index is -1.19.